The zero-order valence-electron chi connectivity index (χ0n) is 23.4. The molecule has 1 unspecified atom stereocenters. The minimum absolute atomic E-state index is 0.0842. The molecule has 1 atom stereocenters. The van der Waals surface area contributed by atoms with Crippen molar-refractivity contribution in [1.29, 1.82) is 0 Å². The molecule has 10 heteroatoms. The molecule has 0 aromatic heterocycles. The van der Waals surface area contributed by atoms with Crippen molar-refractivity contribution in [2.45, 2.75) is 82.1 Å². The van der Waals surface area contributed by atoms with E-state index in [0.717, 1.165) is 30.7 Å². The molecular formula is C30H39N3O6S. The van der Waals surface area contributed by atoms with Gasteiger partial charge < -0.3 is 20.5 Å². The highest BCUT2D eigenvalue weighted by Crippen LogP contribution is 2.32. The fourth-order valence-electron chi connectivity index (χ4n) is 4.54. The third-order valence-corrected chi connectivity index (χ3v) is 7.02. The molecule has 9 nitrogen and oxygen atoms in total. The van der Waals surface area contributed by atoms with Crippen molar-refractivity contribution in [3.63, 3.8) is 0 Å². The highest BCUT2D eigenvalue weighted by molar-refractivity contribution is 7.80. The van der Waals surface area contributed by atoms with Gasteiger partial charge in [-0.25, -0.2) is 4.79 Å². The number of allylic oxidation sites excluding steroid dienone is 4. The number of ether oxygens (including phenoxy) is 1. The molecule has 2 aliphatic rings. The number of carbonyl (C=O) groups is 4. The number of amides is 3. The Morgan fingerprint density at radius 3 is 2.38 bits per heavy atom. The van der Waals surface area contributed by atoms with E-state index in [1.165, 1.54) is 0 Å². The van der Waals surface area contributed by atoms with Gasteiger partial charge in [0.15, 0.2) is 0 Å². The Labute approximate surface area is 241 Å². The molecule has 1 aromatic carbocycles. The lowest BCUT2D eigenvalue weighted by Gasteiger charge is -2.34. The molecule has 3 N–H and O–H groups in total. The Morgan fingerprint density at radius 1 is 1.00 bits per heavy atom. The van der Waals surface area contributed by atoms with Gasteiger partial charge in [0.25, 0.3) is 5.91 Å². The first kappa shape index (κ1) is 31.0. The van der Waals surface area contributed by atoms with E-state index < -0.39 is 23.6 Å². The molecule has 0 fully saturated rings. The maximum absolute atomic E-state index is 12.8. The maximum Gasteiger partial charge on any atom is 0.407 e. The van der Waals surface area contributed by atoms with Crippen LogP contribution in [0.5, 0.6) is 0 Å². The molecule has 3 amide bonds. The Bertz CT molecular complexity index is 1200. The van der Waals surface area contributed by atoms with Crippen LogP contribution in [0, 0.1) is 0 Å². The van der Waals surface area contributed by atoms with Crippen LogP contribution in [-0.2, 0) is 14.3 Å². The summed E-state index contributed by atoms with van der Waals surface area (Å²) in [6.07, 6.45) is 11.4. The lowest BCUT2D eigenvalue weighted by atomic mass is 9.92. The number of hydrogen-bond donors (Lipinski definition) is 4. The number of carbonyl (C=O) groups excluding carboxylic acids is 3. The van der Waals surface area contributed by atoms with E-state index in [1.54, 1.807) is 43.9 Å². The predicted molar refractivity (Wildman–Crippen MR) is 155 cm³/mol. The molecular weight excluding hydrogens is 530 g/mol. The average Bonchev–Trinajstić information content (AvgIpc) is 2.87. The van der Waals surface area contributed by atoms with Crippen molar-refractivity contribution in [3.05, 3.63) is 65.0 Å². The number of rotatable bonds is 14. The second kappa shape index (κ2) is 14.2. The fraction of sp³-hybridized carbons (Fsp3) is 0.467. The normalized spacial score (nSPS) is 14.4. The smallest absolute Gasteiger partial charge is 0.407 e. The topological polar surface area (TPSA) is 125 Å². The molecule has 0 spiro atoms. The summed E-state index contributed by atoms with van der Waals surface area (Å²) in [6, 6.07) is 4.98. The summed E-state index contributed by atoms with van der Waals surface area (Å²) in [7, 11) is 0. The molecule has 2 heterocycles. The van der Waals surface area contributed by atoms with Crippen LogP contribution in [0.15, 0.2) is 58.8 Å². The van der Waals surface area contributed by atoms with Crippen molar-refractivity contribution in [2.24, 2.45) is 0 Å². The molecule has 0 saturated carbocycles. The van der Waals surface area contributed by atoms with Gasteiger partial charge in [0.05, 0.1) is 22.9 Å². The Morgan fingerprint density at radius 2 is 1.73 bits per heavy atom. The third kappa shape index (κ3) is 8.74. The number of carboxylic acid groups (broad SMARTS) is 1. The zero-order chi connectivity index (χ0) is 29.3. The average molecular weight is 570 g/mol. The van der Waals surface area contributed by atoms with Crippen molar-refractivity contribution in [1.82, 2.24) is 15.5 Å². The van der Waals surface area contributed by atoms with Gasteiger partial charge >= 0.3 is 12.1 Å². The third-order valence-electron chi connectivity index (χ3n) is 6.52. The molecule has 0 radical (unpaired) electrons. The lowest BCUT2D eigenvalue weighted by Crippen LogP contribution is -2.35. The Hall–Kier alpha value is -3.53. The van der Waals surface area contributed by atoms with Gasteiger partial charge in [0, 0.05) is 24.4 Å². The molecule has 0 aliphatic carbocycles. The van der Waals surface area contributed by atoms with Crippen molar-refractivity contribution in [3.8, 4) is 0 Å². The van der Waals surface area contributed by atoms with Gasteiger partial charge in [-0.2, -0.15) is 0 Å². The van der Waals surface area contributed by atoms with E-state index in [-0.39, 0.29) is 11.8 Å². The van der Waals surface area contributed by atoms with Crippen molar-refractivity contribution >= 4 is 36.5 Å². The summed E-state index contributed by atoms with van der Waals surface area (Å²) in [5.41, 5.74) is 2.09. The van der Waals surface area contributed by atoms with Crippen LogP contribution in [0.1, 0.15) is 87.6 Å². The molecule has 2 bridgehead atoms. The number of thiol groups is 1. The number of benzene rings is 1. The number of carboxylic acids is 1. The minimum Gasteiger partial charge on any atom is -0.481 e. The first-order valence-corrected chi connectivity index (χ1v) is 14.2. The van der Waals surface area contributed by atoms with Crippen LogP contribution >= 0.6 is 12.6 Å². The van der Waals surface area contributed by atoms with E-state index in [0.29, 0.717) is 54.8 Å². The van der Waals surface area contributed by atoms with Crippen molar-refractivity contribution < 1.29 is 29.0 Å². The molecule has 3 rings (SSSR count). The van der Waals surface area contributed by atoms with Gasteiger partial charge in [-0.15, -0.1) is 12.6 Å². The summed E-state index contributed by atoms with van der Waals surface area (Å²) < 4.78 is 5.20. The fourth-order valence-corrected chi connectivity index (χ4v) is 4.95. The maximum atomic E-state index is 12.8. The summed E-state index contributed by atoms with van der Waals surface area (Å²) in [4.78, 5) is 51.1. The number of fused-ring (bicyclic) bond motifs is 2. The first-order chi connectivity index (χ1) is 19.0. The van der Waals surface area contributed by atoms with Crippen LogP contribution in [-0.4, -0.2) is 52.6 Å². The monoisotopic (exact) mass is 569 g/mol. The minimum atomic E-state index is -0.993. The molecule has 2 aliphatic heterocycles. The molecule has 40 heavy (non-hydrogen) atoms. The summed E-state index contributed by atoms with van der Waals surface area (Å²) in [5.74, 6) is -2.05. The number of nitrogens with one attached hydrogen (secondary N) is 2. The van der Waals surface area contributed by atoms with E-state index in [1.807, 2.05) is 24.3 Å². The lowest BCUT2D eigenvalue weighted by molar-refractivity contribution is -0.139. The second-order valence-electron chi connectivity index (χ2n) is 10.9. The van der Waals surface area contributed by atoms with Crippen LogP contribution in [0.4, 0.5) is 4.79 Å². The predicted octanol–water partition coefficient (Wildman–Crippen LogP) is 5.31. The van der Waals surface area contributed by atoms with Gasteiger partial charge in [-0.05, 0) is 76.3 Å². The van der Waals surface area contributed by atoms with Crippen molar-refractivity contribution in [2.75, 3.05) is 13.1 Å². The molecule has 216 valence electrons. The van der Waals surface area contributed by atoms with Crippen LogP contribution in [0.25, 0.3) is 0 Å². The standard InChI is InChI=1S/C30H39N3O6S/c1-30(2,3)39-29(38)32-18-8-6-13-23(28(36)37)22-14-10-15-24(26(22)40)27(35)31-17-7-4-5-16-25(34)33-20-11-9-12-21(33)19-20/h9-12,14-15,19,23,40H,4-8,13,16-18H2,1-3H3,(H,31,35)(H,32,38)(H,36,37). The number of unbranched alkanes of at least 4 members (excludes halogenated alkanes) is 3. The summed E-state index contributed by atoms with van der Waals surface area (Å²) >= 11 is 4.52. The highest BCUT2D eigenvalue weighted by Gasteiger charge is 2.28. The first-order valence-electron chi connectivity index (χ1n) is 13.7. The Kier molecular flexibility index (Phi) is 11.0. The Balaban J connectivity index is 1.40. The number of hydrogen-bond acceptors (Lipinski definition) is 6. The summed E-state index contributed by atoms with van der Waals surface area (Å²) in [5, 5.41) is 15.4. The molecule has 0 saturated heterocycles. The van der Waals surface area contributed by atoms with Gasteiger partial charge in [-0.3, -0.25) is 19.3 Å². The van der Waals surface area contributed by atoms with E-state index in [2.05, 4.69) is 23.3 Å². The number of alkyl carbamates (subject to hydrolysis) is 1. The summed E-state index contributed by atoms with van der Waals surface area (Å²) in [6.45, 7) is 6.17. The quantitative estimate of drug-likeness (QED) is 0.178. The number of nitrogens with zero attached hydrogens (tertiary/aromatic N) is 1. The largest absolute Gasteiger partial charge is 0.481 e. The SMILES string of the molecule is CC(C)(C)OC(=O)NCCCCC(C(=O)O)c1cccc(C(=O)NCCCCCC(=O)N2c3cccc2c3)c1S. The highest BCUT2D eigenvalue weighted by atomic mass is 32.1. The number of aliphatic carboxylic acids is 1. The van der Waals surface area contributed by atoms with E-state index in [9.17, 15) is 24.3 Å². The van der Waals surface area contributed by atoms with Gasteiger partial charge in [-0.1, -0.05) is 31.1 Å². The van der Waals surface area contributed by atoms with Gasteiger partial charge in [0.2, 0.25) is 5.91 Å². The molecule has 1 aromatic rings. The zero-order valence-corrected chi connectivity index (χ0v) is 24.3. The van der Waals surface area contributed by atoms with Crippen LogP contribution in [0.3, 0.4) is 0 Å². The van der Waals surface area contributed by atoms with Gasteiger partial charge in [0.1, 0.15) is 5.60 Å². The van der Waals surface area contributed by atoms with E-state index >= 15 is 0 Å². The van der Waals surface area contributed by atoms with Crippen LogP contribution < -0.4 is 10.6 Å². The second-order valence-corrected chi connectivity index (χ2v) is 11.3. The van der Waals surface area contributed by atoms with E-state index in [4.69, 9.17) is 4.74 Å². The van der Waals surface area contributed by atoms with Crippen LogP contribution in [0.2, 0.25) is 0 Å².